The number of allylic oxidation sites excluding steroid dienone is 2. The Kier molecular flexibility index (Phi) is 5.81. The van der Waals surface area contributed by atoms with Crippen LogP contribution in [0, 0.1) is 11.8 Å². The molecular weight excluding hydrogens is 288 g/mol. The van der Waals surface area contributed by atoms with Crippen molar-refractivity contribution in [3.8, 4) is 0 Å². The van der Waals surface area contributed by atoms with Crippen LogP contribution in [0.25, 0.3) is 0 Å². The maximum Gasteiger partial charge on any atom is 0.303 e. The lowest BCUT2D eigenvalue weighted by molar-refractivity contribution is -0.120. The normalized spacial score (nSPS) is 26.3. The number of nitrogens with zero attached hydrogens (tertiary/aromatic N) is 1. The highest BCUT2D eigenvalue weighted by molar-refractivity contribution is 7.87. The second-order valence-electron chi connectivity index (χ2n) is 6.01. The average Bonchev–Trinajstić information content (AvgIpc) is 2.98. The monoisotopic (exact) mass is 314 g/mol. The van der Waals surface area contributed by atoms with E-state index in [1.807, 2.05) is 0 Å². The van der Waals surface area contributed by atoms with Crippen molar-refractivity contribution < 1.29 is 13.2 Å². The minimum atomic E-state index is -3.61. The molecule has 2 fully saturated rings. The van der Waals surface area contributed by atoms with Gasteiger partial charge in [0.2, 0.25) is 5.91 Å². The van der Waals surface area contributed by atoms with E-state index in [1.165, 1.54) is 23.6 Å². The van der Waals surface area contributed by atoms with Crippen molar-refractivity contribution in [2.45, 2.75) is 51.9 Å². The Balaban J connectivity index is 1.73. The lowest BCUT2D eigenvalue weighted by Gasteiger charge is -2.15. The van der Waals surface area contributed by atoms with E-state index in [-0.39, 0.29) is 17.7 Å². The van der Waals surface area contributed by atoms with Crippen LogP contribution in [-0.4, -0.2) is 31.7 Å². The second-order valence-corrected chi connectivity index (χ2v) is 7.68. The Hall–Kier alpha value is -0.880. The van der Waals surface area contributed by atoms with Crippen LogP contribution in [0.1, 0.15) is 51.9 Å². The molecule has 2 aliphatic rings. The molecule has 1 saturated heterocycles. The van der Waals surface area contributed by atoms with Gasteiger partial charge < -0.3 is 0 Å². The SMILES string of the molecule is CCCCC/C=C\C1C[C@@H]1C(=O)NS(=O)(=O)N1CCCC1. The van der Waals surface area contributed by atoms with Crippen molar-refractivity contribution >= 4 is 16.1 Å². The van der Waals surface area contributed by atoms with E-state index in [1.54, 1.807) is 0 Å². The number of rotatable bonds is 8. The van der Waals surface area contributed by atoms with Gasteiger partial charge in [0.15, 0.2) is 0 Å². The van der Waals surface area contributed by atoms with Crippen LogP contribution in [0.2, 0.25) is 0 Å². The van der Waals surface area contributed by atoms with E-state index in [0.717, 1.165) is 25.7 Å². The van der Waals surface area contributed by atoms with Crippen molar-refractivity contribution in [3.05, 3.63) is 12.2 Å². The van der Waals surface area contributed by atoms with Crippen molar-refractivity contribution in [1.82, 2.24) is 9.03 Å². The van der Waals surface area contributed by atoms with Gasteiger partial charge in [-0.1, -0.05) is 31.9 Å². The predicted molar refractivity (Wildman–Crippen MR) is 82.7 cm³/mol. The summed E-state index contributed by atoms with van der Waals surface area (Å²) in [6.45, 7) is 3.22. The van der Waals surface area contributed by atoms with Crippen LogP contribution < -0.4 is 4.72 Å². The third-order valence-corrected chi connectivity index (χ3v) is 5.67. The molecule has 0 spiro atoms. The van der Waals surface area contributed by atoms with Gasteiger partial charge in [-0.05, 0) is 38.0 Å². The highest BCUT2D eigenvalue weighted by atomic mass is 32.2. The first kappa shape index (κ1) is 16.5. The summed E-state index contributed by atoms with van der Waals surface area (Å²) >= 11 is 0. The molecule has 0 aromatic heterocycles. The van der Waals surface area contributed by atoms with Gasteiger partial charge in [-0.2, -0.15) is 12.7 Å². The Morgan fingerprint density at radius 2 is 2.00 bits per heavy atom. The van der Waals surface area contributed by atoms with Crippen LogP contribution in [0.3, 0.4) is 0 Å². The smallest absolute Gasteiger partial charge is 0.274 e. The number of carbonyl (C=O) groups is 1. The molecule has 0 bridgehead atoms. The molecule has 1 aliphatic heterocycles. The summed E-state index contributed by atoms with van der Waals surface area (Å²) < 4.78 is 27.6. The van der Waals surface area contributed by atoms with Crippen LogP contribution in [0.4, 0.5) is 0 Å². The van der Waals surface area contributed by atoms with E-state index in [0.29, 0.717) is 13.1 Å². The average molecular weight is 314 g/mol. The highest BCUT2D eigenvalue weighted by Gasteiger charge is 2.43. The summed E-state index contributed by atoms with van der Waals surface area (Å²) in [4.78, 5) is 12.0. The number of unbranched alkanes of at least 4 members (excludes halogenated alkanes) is 3. The van der Waals surface area contributed by atoms with E-state index < -0.39 is 10.2 Å². The molecule has 21 heavy (non-hydrogen) atoms. The van der Waals surface area contributed by atoms with Crippen molar-refractivity contribution in [1.29, 1.82) is 0 Å². The minimum Gasteiger partial charge on any atom is -0.274 e. The largest absolute Gasteiger partial charge is 0.303 e. The summed E-state index contributed by atoms with van der Waals surface area (Å²) in [6.07, 6.45) is 11.4. The first-order valence-corrected chi connectivity index (χ1v) is 9.47. The summed E-state index contributed by atoms with van der Waals surface area (Å²) in [7, 11) is -3.61. The summed E-state index contributed by atoms with van der Waals surface area (Å²) in [5.74, 6) is -0.282. The van der Waals surface area contributed by atoms with E-state index in [2.05, 4.69) is 23.8 Å². The quantitative estimate of drug-likeness (QED) is 0.552. The number of carbonyl (C=O) groups excluding carboxylic acids is 1. The lowest BCUT2D eigenvalue weighted by atomic mass is 10.2. The molecule has 0 aromatic carbocycles. The minimum absolute atomic E-state index is 0.162. The molecule has 0 aromatic rings. The molecule has 1 N–H and O–H groups in total. The maximum absolute atomic E-state index is 12.0. The van der Waals surface area contributed by atoms with Crippen LogP contribution in [0.5, 0.6) is 0 Å². The van der Waals surface area contributed by atoms with E-state index in [9.17, 15) is 13.2 Å². The Bertz CT molecular complexity index is 481. The zero-order valence-corrected chi connectivity index (χ0v) is 13.6. The molecular formula is C15H26N2O3S. The number of hydrogen-bond acceptors (Lipinski definition) is 3. The Morgan fingerprint density at radius 1 is 1.29 bits per heavy atom. The third kappa shape index (κ3) is 4.81. The summed E-state index contributed by atoms with van der Waals surface area (Å²) in [6, 6.07) is 0. The number of nitrogens with one attached hydrogen (secondary N) is 1. The molecule has 120 valence electrons. The van der Waals surface area contributed by atoms with Gasteiger partial charge in [-0.15, -0.1) is 0 Å². The molecule has 1 unspecified atom stereocenters. The molecule has 1 heterocycles. The van der Waals surface area contributed by atoms with Crippen LogP contribution in [0.15, 0.2) is 12.2 Å². The van der Waals surface area contributed by atoms with E-state index >= 15 is 0 Å². The molecule has 0 radical (unpaired) electrons. The van der Waals surface area contributed by atoms with Gasteiger partial charge in [-0.25, -0.2) is 4.72 Å². The second kappa shape index (κ2) is 7.40. The van der Waals surface area contributed by atoms with Crippen LogP contribution in [-0.2, 0) is 15.0 Å². The number of amides is 1. The summed E-state index contributed by atoms with van der Waals surface area (Å²) in [5.41, 5.74) is 0. The van der Waals surface area contributed by atoms with E-state index in [4.69, 9.17) is 0 Å². The molecule has 2 rings (SSSR count). The van der Waals surface area contributed by atoms with Gasteiger partial charge in [-0.3, -0.25) is 4.79 Å². The van der Waals surface area contributed by atoms with Crippen molar-refractivity contribution in [3.63, 3.8) is 0 Å². The Labute approximate surface area is 128 Å². The van der Waals surface area contributed by atoms with Gasteiger partial charge in [0, 0.05) is 19.0 Å². The first-order chi connectivity index (χ1) is 10.0. The molecule has 6 heteroatoms. The topological polar surface area (TPSA) is 66.5 Å². The van der Waals surface area contributed by atoms with Crippen LogP contribution >= 0.6 is 0 Å². The highest BCUT2D eigenvalue weighted by Crippen LogP contribution is 2.40. The Morgan fingerprint density at radius 3 is 2.67 bits per heavy atom. The number of hydrogen-bond donors (Lipinski definition) is 1. The third-order valence-electron chi connectivity index (χ3n) is 4.17. The van der Waals surface area contributed by atoms with Gasteiger partial charge >= 0.3 is 10.2 Å². The van der Waals surface area contributed by atoms with Crippen molar-refractivity contribution in [2.75, 3.05) is 13.1 Å². The summed E-state index contributed by atoms with van der Waals surface area (Å²) in [5, 5.41) is 0. The standard InChI is InChI=1S/C15H26N2O3S/c1-2-3-4-5-6-9-13-12-14(13)15(18)16-21(19,20)17-10-7-8-11-17/h6,9,13-14H,2-5,7-8,10-12H2,1H3,(H,16,18)/b9-6-/t13?,14-/m0/s1. The molecule has 2 atom stereocenters. The molecule has 5 nitrogen and oxygen atoms in total. The first-order valence-electron chi connectivity index (χ1n) is 8.03. The van der Waals surface area contributed by atoms with Gasteiger partial charge in [0.1, 0.15) is 0 Å². The zero-order chi connectivity index (χ0) is 15.3. The zero-order valence-electron chi connectivity index (χ0n) is 12.8. The van der Waals surface area contributed by atoms with Gasteiger partial charge in [0.05, 0.1) is 0 Å². The molecule has 1 aliphatic carbocycles. The predicted octanol–water partition coefficient (Wildman–Crippen LogP) is 2.22. The van der Waals surface area contributed by atoms with Gasteiger partial charge in [0.25, 0.3) is 0 Å². The lowest BCUT2D eigenvalue weighted by Crippen LogP contribution is -2.42. The fraction of sp³-hybridized carbons (Fsp3) is 0.800. The molecule has 1 amide bonds. The maximum atomic E-state index is 12.0. The van der Waals surface area contributed by atoms with Crippen molar-refractivity contribution in [2.24, 2.45) is 11.8 Å². The fourth-order valence-electron chi connectivity index (χ4n) is 2.71. The fourth-order valence-corrected chi connectivity index (χ4v) is 3.98. The molecule has 1 saturated carbocycles.